The number of amides is 1. The second-order valence-electron chi connectivity index (χ2n) is 6.34. The van der Waals surface area contributed by atoms with Gasteiger partial charge in [0.2, 0.25) is 0 Å². The number of rotatable bonds is 7. The number of hydrogen-bond acceptors (Lipinski definition) is 4. The molecule has 7 heteroatoms. The summed E-state index contributed by atoms with van der Waals surface area (Å²) in [4.78, 5) is 12.5. The second kappa shape index (κ2) is 10.8. The van der Waals surface area contributed by atoms with E-state index in [1.807, 2.05) is 61.5 Å². The molecular weight excluding hydrogens is 464 g/mol. The number of carbonyl (C=O) groups is 1. The molecule has 1 amide bonds. The molecule has 0 bridgehead atoms. The van der Waals surface area contributed by atoms with E-state index in [1.165, 1.54) is 0 Å². The maximum absolute atomic E-state index is 12.5. The number of anilines is 1. The molecule has 5 nitrogen and oxygen atoms in total. The highest BCUT2D eigenvalue weighted by atomic mass is 79.9. The van der Waals surface area contributed by atoms with Gasteiger partial charge in [-0.3, -0.25) is 10.1 Å². The van der Waals surface area contributed by atoms with Gasteiger partial charge >= 0.3 is 0 Å². The zero-order valence-corrected chi connectivity index (χ0v) is 18.8. The van der Waals surface area contributed by atoms with Gasteiger partial charge in [0.25, 0.3) is 5.91 Å². The number of halogens is 1. The molecule has 3 aromatic rings. The summed E-state index contributed by atoms with van der Waals surface area (Å²) in [6.07, 6.45) is 0.911. The molecule has 0 saturated heterocycles. The van der Waals surface area contributed by atoms with Gasteiger partial charge in [0.1, 0.15) is 17.2 Å². The summed E-state index contributed by atoms with van der Waals surface area (Å²) in [5, 5.41) is 5.88. The third-order valence-electron chi connectivity index (χ3n) is 3.97. The first kappa shape index (κ1) is 21.8. The Morgan fingerprint density at radius 3 is 2.37 bits per heavy atom. The predicted molar refractivity (Wildman–Crippen MR) is 127 cm³/mol. The molecule has 2 N–H and O–H groups in total. The minimum atomic E-state index is -0.306. The maximum atomic E-state index is 12.5. The first-order valence-electron chi connectivity index (χ1n) is 9.43. The van der Waals surface area contributed by atoms with Crippen LogP contribution in [-0.4, -0.2) is 17.6 Å². The summed E-state index contributed by atoms with van der Waals surface area (Å²) in [5.74, 6) is 1.86. The number of ether oxygens (including phenoxy) is 2. The Balaban J connectivity index is 1.54. The summed E-state index contributed by atoms with van der Waals surface area (Å²) in [6, 6.07) is 22.0. The average molecular weight is 485 g/mol. The number of benzene rings is 3. The van der Waals surface area contributed by atoms with Crippen molar-refractivity contribution in [3.63, 3.8) is 0 Å². The molecule has 0 aliphatic heterocycles. The van der Waals surface area contributed by atoms with Crippen LogP contribution in [-0.2, 0) is 0 Å². The topological polar surface area (TPSA) is 59.6 Å². The number of thiocarbonyl (C=S) groups is 1. The monoisotopic (exact) mass is 484 g/mol. The lowest BCUT2D eigenvalue weighted by Crippen LogP contribution is -2.34. The second-order valence-corrected chi connectivity index (χ2v) is 7.60. The molecule has 0 heterocycles. The van der Waals surface area contributed by atoms with E-state index in [2.05, 4.69) is 26.6 Å². The van der Waals surface area contributed by atoms with Gasteiger partial charge in [-0.05, 0) is 89.2 Å². The van der Waals surface area contributed by atoms with Gasteiger partial charge in [-0.2, -0.15) is 0 Å². The molecule has 0 atom stereocenters. The summed E-state index contributed by atoms with van der Waals surface area (Å²) < 4.78 is 12.1. The molecule has 0 saturated carbocycles. The molecular formula is C23H21BrN2O3S. The fraction of sp³-hybridized carbons (Fsp3) is 0.130. The average Bonchev–Trinajstić information content (AvgIpc) is 2.75. The lowest BCUT2D eigenvalue weighted by molar-refractivity contribution is 0.0977. The van der Waals surface area contributed by atoms with E-state index in [4.69, 9.17) is 21.7 Å². The van der Waals surface area contributed by atoms with E-state index >= 15 is 0 Å². The van der Waals surface area contributed by atoms with Gasteiger partial charge in [-0.15, -0.1) is 0 Å². The van der Waals surface area contributed by atoms with Crippen LogP contribution in [0.2, 0.25) is 0 Å². The first-order chi connectivity index (χ1) is 14.5. The fourth-order valence-electron chi connectivity index (χ4n) is 2.54. The van der Waals surface area contributed by atoms with Crippen molar-refractivity contribution in [3.8, 4) is 17.2 Å². The Kier molecular flexibility index (Phi) is 7.82. The molecule has 30 heavy (non-hydrogen) atoms. The lowest BCUT2D eigenvalue weighted by Gasteiger charge is -2.12. The quantitative estimate of drug-likeness (QED) is 0.393. The van der Waals surface area contributed by atoms with Crippen molar-refractivity contribution in [2.75, 3.05) is 11.9 Å². The highest BCUT2D eigenvalue weighted by Crippen LogP contribution is 2.26. The highest BCUT2D eigenvalue weighted by molar-refractivity contribution is 9.10. The zero-order chi connectivity index (χ0) is 21.3. The molecule has 0 fully saturated rings. The van der Waals surface area contributed by atoms with Crippen molar-refractivity contribution in [2.24, 2.45) is 0 Å². The number of para-hydroxylation sites is 1. The van der Waals surface area contributed by atoms with Gasteiger partial charge in [-0.25, -0.2) is 0 Å². The van der Waals surface area contributed by atoms with E-state index < -0.39 is 0 Å². The maximum Gasteiger partial charge on any atom is 0.257 e. The number of hydrogen-bond donors (Lipinski definition) is 2. The summed E-state index contributed by atoms with van der Waals surface area (Å²) in [7, 11) is 0. The van der Waals surface area contributed by atoms with Crippen LogP contribution < -0.4 is 20.1 Å². The van der Waals surface area contributed by atoms with Gasteiger partial charge < -0.3 is 14.8 Å². The summed E-state index contributed by atoms with van der Waals surface area (Å²) >= 11 is 8.69. The molecule has 0 spiro atoms. The van der Waals surface area contributed by atoms with E-state index in [0.717, 1.165) is 22.3 Å². The third kappa shape index (κ3) is 6.30. The van der Waals surface area contributed by atoms with Crippen molar-refractivity contribution in [1.29, 1.82) is 0 Å². The third-order valence-corrected chi connectivity index (χ3v) is 4.80. The fourth-order valence-corrected chi connectivity index (χ4v) is 3.24. The van der Waals surface area contributed by atoms with Crippen molar-refractivity contribution in [1.82, 2.24) is 5.32 Å². The lowest BCUT2D eigenvalue weighted by atomic mass is 10.2. The van der Waals surface area contributed by atoms with E-state index in [0.29, 0.717) is 23.7 Å². The van der Waals surface area contributed by atoms with Crippen molar-refractivity contribution in [2.45, 2.75) is 13.3 Å². The first-order valence-corrected chi connectivity index (χ1v) is 10.6. The van der Waals surface area contributed by atoms with Crippen LogP contribution in [0.5, 0.6) is 17.2 Å². The Hall–Kier alpha value is -2.90. The van der Waals surface area contributed by atoms with Gasteiger partial charge in [0, 0.05) is 11.3 Å². The molecule has 154 valence electrons. The molecule has 0 radical (unpaired) electrons. The van der Waals surface area contributed by atoms with Gasteiger partial charge in [0.05, 0.1) is 11.1 Å². The van der Waals surface area contributed by atoms with Crippen LogP contribution in [0.15, 0.2) is 77.3 Å². The Labute approximate surface area is 189 Å². The standard InChI is InChI=1S/C23H21BrN2O3S/c1-2-14-28-21-13-8-16(15-20(21)24)22(27)26-23(30)25-17-9-11-19(12-10-17)29-18-6-4-3-5-7-18/h3-13,15H,2,14H2,1H3,(H2,25,26,27,30). The van der Waals surface area contributed by atoms with Crippen LogP contribution >= 0.6 is 28.1 Å². The molecule has 0 aliphatic rings. The van der Waals surface area contributed by atoms with Crippen LogP contribution in [0.4, 0.5) is 5.69 Å². The van der Waals surface area contributed by atoms with Crippen LogP contribution in [0.1, 0.15) is 23.7 Å². The largest absolute Gasteiger partial charge is 0.492 e. The normalized spacial score (nSPS) is 10.2. The summed E-state index contributed by atoms with van der Waals surface area (Å²) in [6.45, 7) is 2.65. The Morgan fingerprint density at radius 2 is 1.70 bits per heavy atom. The van der Waals surface area contributed by atoms with Gasteiger partial charge in [0.15, 0.2) is 5.11 Å². The van der Waals surface area contributed by atoms with Crippen LogP contribution in [0, 0.1) is 0 Å². The van der Waals surface area contributed by atoms with Gasteiger partial charge in [-0.1, -0.05) is 25.1 Å². The molecule has 3 rings (SSSR count). The minimum Gasteiger partial charge on any atom is -0.492 e. The highest BCUT2D eigenvalue weighted by Gasteiger charge is 2.11. The molecule has 0 aliphatic carbocycles. The van der Waals surface area contributed by atoms with Crippen LogP contribution in [0.25, 0.3) is 0 Å². The molecule has 3 aromatic carbocycles. The van der Waals surface area contributed by atoms with Crippen LogP contribution in [0.3, 0.4) is 0 Å². The predicted octanol–water partition coefficient (Wildman–Crippen LogP) is 6.16. The Bertz CT molecular complexity index is 1010. The van der Waals surface area contributed by atoms with Crippen molar-refractivity contribution >= 4 is 44.9 Å². The molecule has 0 aromatic heterocycles. The number of carbonyl (C=O) groups excluding carboxylic acids is 1. The Morgan fingerprint density at radius 1 is 1.00 bits per heavy atom. The van der Waals surface area contributed by atoms with E-state index in [1.54, 1.807) is 18.2 Å². The van der Waals surface area contributed by atoms with Crippen molar-refractivity contribution < 1.29 is 14.3 Å². The SMILES string of the molecule is CCCOc1ccc(C(=O)NC(=S)Nc2ccc(Oc3ccccc3)cc2)cc1Br. The van der Waals surface area contributed by atoms with E-state index in [-0.39, 0.29) is 11.0 Å². The smallest absolute Gasteiger partial charge is 0.257 e. The van der Waals surface area contributed by atoms with E-state index in [9.17, 15) is 4.79 Å². The molecule has 0 unspecified atom stereocenters. The minimum absolute atomic E-state index is 0.208. The number of nitrogens with one attached hydrogen (secondary N) is 2. The zero-order valence-electron chi connectivity index (χ0n) is 16.4. The summed E-state index contributed by atoms with van der Waals surface area (Å²) in [5.41, 5.74) is 1.21. The van der Waals surface area contributed by atoms with Crippen molar-refractivity contribution in [3.05, 3.63) is 82.8 Å².